The topological polar surface area (TPSA) is 56.0 Å². The molecule has 0 unspecified atom stereocenters. The maximum atomic E-state index is 13.2. The minimum absolute atomic E-state index is 0.128. The Hall–Kier alpha value is -1.94. The van der Waals surface area contributed by atoms with Crippen LogP contribution >= 0.6 is 11.6 Å². The van der Waals surface area contributed by atoms with Crippen molar-refractivity contribution < 1.29 is 9.18 Å². The number of halogens is 2. The quantitative estimate of drug-likeness (QED) is 0.891. The van der Waals surface area contributed by atoms with E-state index in [9.17, 15) is 9.18 Å². The first kappa shape index (κ1) is 11.5. The van der Waals surface area contributed by atoms with Gasteiger partial charge in [0.05, 0.1) is 5.69 Å². The van der Waals surface area contributed by atoms with Gasteiger partial charge < -0.3 is 5.73 Å². The number of hydrogen-bond acceptors (Lipinski definition) is 2. The van der Waals surface area contributed by atoms with Gasteiger partial charge >= 0.3 is 0 Å². The average Bonchev–Trinajstić information content (AvgIpc) is 2.28. The molecule has 17 heavy (non-hydrogen) atoms. The van der Waals surface area contributed by atoms with Gasteiger partial charge in [-0.3, -0.25) is 4.79 Å². The van der Waals surface area contributed by atoms with Crippen LogP contribution in [-0.2, 0) is 0 Å². The third-order valence-electron chi connectivity index (χ3n) is 2.16. The zero-order chi connectivity index (χ0) is 12.4. The predicted octanol–water partition coefficient (Wildman–Crippen LogP) is 2.64. The number of nitrogens with zero attached hydrogens (tertiary/aromatic N) is 1. The number of carbonyl (C=O) groups is 1. The lowest BCUT2D eigenvalue weighted by Crippen LogP contribution is -2.13. The van der Waals surface area contributed by atoms with E-state index in [0.29, 0.717) is 11.3 Å². The highest BCUT2D eigenvalue weighted by atomic mass is 35.5. The van der Waals surface area contributed by atoms with Gasteiger partial charge in [-0.2, -0.15) is 0 Å². The van der Waals surface area contributed by atoms with Gasteiger partial charge in [0.25, 0.3) is 5.91 Å². The monoisotopic (exact) mass is 250 g/mol. The Kier molecular flexibility index (Phi) is 3.06. The van der Waals surface area contributed by atoms with E-state index in [-0.39, 0.29) is 10.7 Å². The van der Waals surface area contributed by atoms with Crippen molar-refractivity contribution in [1.29, 1.82) is 0 Å². The van der Waals surface area contributed by atoms with Gasteiger partial charge in [0.1, 0.15) is 11.5 Å². The van der Waals surface area contributed by atoms with Gasteiger partial charge in [-0.05, 0) is 30.3 Å². The lowest BCUT2D eigenvalue weighted by atomic mass is 10.1. The van der Waals surface area contributed by atoms with Gasteiger partial charge in [0, 0.05) is 10.6 Å². The number of nitrogens with two attached hydrogens (primary N) is 1. The molecule has 2 rings (SSSR count). The minimum Gasteiger partial charge on any atom is -0.364 e. The summed E-state index contributed by atoms with van der Waals surface area (Å²) in [4.78, 5) is 15.0. The summed E-state index contributed by atoms with van der Waals surface area (Å²) in [5.41, 5.74) is 6.19. The second-order valence-corrected chi connectivity index (χ2v) is 3.87. The van der Waals surface area contributed by atoms with Crippen LogP contribution in [0, 0.1) is 5.82 Å². The number of carbonyl (C=O) groups excluding carboxylic acids is 1. The second kappa shape index (κ2) is 4.51. The zero-order valence-electron chi connectivity index (χ0n) is 8.65. The van der Waals surface area contributed by atoms with Crippen molar-refractivity contribution >= 4 is 17.5 Å². The molecule has 1 amide bonds. The highest BCUT2D eigenvalue weighted by Crippen LogP contribution is 2.22. The summed E-state index contributed by atoms with van der Waals surface area (Å²) in [7, 11) is 0. The number of aromatic nitrogens is 1. The maximum absolute atomic E-state index is 13.2. The van der Waals surface area contributed by atoms with Gasteiger partial charge in [0.15, 0.2) is 0 Å². The molecule has 0 spiro atoms. The van der Waals surface area contributed by atoms with Crippen molar-refractivity contribution in [3.05, 3.63) is 52.9 Å². The van der Waals surface area contributed by atoms with Crippen LogP contribution in [0.3, 0.4) is 0 Å². The smallest absolute Gasteiger partial charge is 0.267 e. The van der Waals surface area contributed by atoms with E-state index in [4.69, 9.17) is 17.3 Å². The average molecular weight is 251 g/mol. The summed E-state index contributed by atoms with van der Waals surface area (Å²) < 4.78 is 13.2. The number of amides is 1. The minimum atomic E-state index is -0.630. The molecule has 0 aliphatic heterocycles. The Morgan fingerprint density at radius 3 is 2.71 bits per heavy atom. The van der Waals surface area contributed by atoms with E-state index < -0.39 is 11.7 Å². The summed E-state index contributed by atoms with van der Waals surface area (Å²) in [5, 5.41) is 0.270. The molecule has 0 saturated carbocycles. The molecule has 2 aromatic rings. The lowest BCUT2D eigenvalue weighted by Gasteiger charge is -2.03. The van der Waals surface area contributed by atoms with Crippen LogP contribution in [-0.4, -0.2) is 10.9 Å². The van der Waals surface area contributed by atoms with Crippen LogP contribution in [0.4, 0.5) is 4.39 Å². The highest BCUT2D eigenvalue weighted by Gasteiger charge is 2.07. The molecular weight excluding hydrogens is 243 g/mol. The second-order valence-electron chi connectivity index (χ2n) is 3.43. The van der Waals surface area contributed by atoms with Crippen LogP contribution in [0.1, 0.15) is 10.5 Å². The zero-order valence-corrected chi connectivity index (χ0v) is 9.41. The van der Waals surface area contributed by atoms with Crippen molar-refractivity contribution in [3.63, 3.8) is 0 Å². The highest BCUT2D eigenvalue weighted by molar-refractivity contribution is 6.30. The van der Waals surface area contributed by atoms with E-state index in [1.165, 1.54) is 18.2 Å². The molecule has 0 aliphatic rings. The molecule has 0 aliphatic carbocycles. The molecule has 1 heterocycles. The number of primary amides is 1. The fourth-order valence-electron chi connectivity index (χ4n) is 1.43. The van der Waals surface area contributed by atoms with Gasteiger partial charge in [-0.25, -0.2) is 9.37 Å². The largest absolute Gasteiger partial charge is 0.364 e. The molecule has 0 fully saturated rings. The molecular formula is C12H8ClFN2O. The molecule has 1 aromatic heterocycles. The molecule has 0 saturated heterocycles. The van der Waals surface area contributed by atoms with E-state index >= 15 is 0 Å². The first-order valence-electron chi connectivity index (χ1n) is 4.79. The lowest BCUT2D eigenvalue weighted by molar-refractivity contribution is 0.0995. The fraction of sp³-hybridized carbons (Fsp3) is 0. The molecule has 1 aromatic carbocycles. The van der Waals surface area contributed by atoms with Crippen LogP contribution in [0.25, 0.3) is 11.3 Å². The molecule has 0 bridgehead atoms. The van der Waals surface area contributed by atoms with Crippen LogP contribution < -0.4 is 5.73 Å². The van der Waals surface area contributed by atoms with Crippen molar-refractivity contribution in [3.8, 4) is 11.3 Å². The van der Waals surface area contributed by atoms with E-state index in [2.05, 4.69) is 4.98 Å². The van der Waals surface area contributed by atoms with Crippen LogP contribution in [0.2, 0.25) is 5.02 Å². The van der Waals surface area contributed by atoms with Crippen molar-refractivity contribution in [2.45, 2.75) is 0 Å². The Morgan fingerprint density at radius 2 is 2.06 bits per heavy atom. The first-order valence-corrected chi connectivity index (χ1v) is 5.17. The molecule has 86 valence electrons. The van der Waals surface area contributed by atoms with Crippen molar-refractivity contribution in [1.82, 2.24) is 4.98 Å². The summed E-state index contributed by atoms with van der Waals surface area (Å²) >= 11 is 5.74. The third-order valence-corrected chi connectivity index (χ3v) is 2.38. The third kappa shape index (κ3) is 2.60. The maximum Gasteiger partial charge on any atom is 0.267 e. The Bertz CT molecular complexity index is 566. The summed E-state index contributed by atoms with van der Waals surface area (Å²) in [6, 6.07) is 8.82. The molecule has 0 radical (unpaired) electrons. The standard InChI is InChI=1S/C12H8ClFN2O/c13-8-4-7(5-9(14)6-8)10-2-1-3-11(16-10)12(15)17/h1-6H,(H2,15,17). The predicted molar refractivity (Wildman–Crippen MR) is 63.2 cm³/mol. The Morgan fingerprint density at radius 1 is 1.29 bits per heavy atom. The summed E-state index contributed by atoms with van der Waals surface area (Å²) in [6.45, 7) is 0. The SMILES string of the molecule is NC(=O)c1cccc(-c2cc(F)cc(Cl)c2)n1. The molecule has 5 heteroatoms. The fourth-order valence-corrected chi connectivity index (χ4v) is 1.66. The number of benzene rings is 1. The number of pyridine rings is 1. The Labute approximate surface area is 102 Å². The van der Waals surface area contributed by atoms with E-state index in [0.717, 1.165) is 0 Å². The normalized spacial score (nSPS) is 10.2. The van der Waals surface area contributed by atoms with Crippen molar-refractivity contribution in [2.75, 3.05) is 0 Å². The van der Waals surface area contributed by atoms with Crippen LogP contribution in [0.15, 0.2) is 36.4 Å². The summed E-state index contributed by atoms with van der Waals surface area (Å²) in [5.74, 6) is -1.09. The first-order chi connectivity index (χ1) is 8.06. The van der Waals surface area contributed by atoms with Crippen molar-refractivity contribution in [2.24, 2.45) is 5.73 Å². The molecule has 0 atom stereocenters. The van der Waals surface area contributed by atoms with E-state index in [1.54, 1.807) is 18.2 Å². The molecule has 2 N–H and O–H groups in total. The van der Waals surface area contributed by atoms with E-state index in [1.807, 2.05) is 0 Å². The van der Waals surface area contributed by atoms with Gasteiger partial charge in [-0.15, -0.1) is 0 Å². The molecule has 3 nitrogen and oxygen atoms in total. The summed E-state index contributed by atoms with van der Waals surface area (Å²) in [6.07, 6.45) is 0. The number of hydrogen-bond donors (Lipinski definition) is 1. The van der Waals surface area contributed by atoms with Gasteiger partial charge in [-0.1, -0.05) is 17.7 Å². The van der Waals surface area contributed by atoms with Crippen LogP contribution in [0.5, 0.6) is 0 Å². The Balaban J connectivity index is 2.52. The number of rotatable bonds is 2. The van der Waals surface area contributed by atoms with Gasteiger partial charge in [0.2, 0.25) is 0 Å².